The Hall–Kier alpha value is -1.27. The van der Waals surface area contributed by atoms with Gasteiger partial charge < -0.3 is 10.0 Å². The van der Waals surface area contributed by atoms with Crippen LogP contribution in [-0.2, 0) is 9.59 Å². The fraction of sp³-hybridized carbons (Fsp3) is 0.818. The molecule has 1 aliphatic heterocycles. The first-order valence-electron chi connectivity index (χ1n) is 5.66. The van der Waals surface area contributed by atoms with Gasteiger partial charge >= 0.3 is 12.1 Å². The molecule has 0 aromatic rings. The number of likely N-dealkylation sites (tertiary alicyclic amines) is 1. The molecule has 0 radical (unpaired) electrons. The van der Waals surface area contributed by atoms with Crippen molar-refractivity contribution in [3.63, 3.8) is 0 Å². The molecule has 0 atom stereocenters. The van der Waals surface area contributed by atoms with Crippen molar-refractivity contribution in [2.24, 2.45) is 11.3 Å². The van der Waals surface area contributed by atoms with E-state index in [1.54, 1.807) is 0 Å². The summed E-state index contributed by atoms with van der Waals surface area (Å²) in [6.07, 6.45) is -4.20. The zero-order valence-corrected chi connectivity index (χ0v) is 10.3. The van der Waals surface area contributed by atoms with Crippen molar-refractivity contribution in [1.29, 1.82) is 0 Å². The highest BCUT2D eigenvalue weighted by molar-refractivity contribution is 5.83. The first-order chi connectivity index (χ1) is 8.07. The number of amides is 1. The second kappa shape index (κ2) is 4.78. The molecule has 0 aliphatic carbocycles. The number of carboxylic acid groups (broad SMARTS) is 1. The van der Waals surface area contributed by atoms with Crippen LogP contribution in [0.25, 0.3) is 0 Å². The summed E-state index contributed by atoms with van der Waals surface area (Å²) in [4.78, 5) is 23.6. The number of rotatable bonds is 2. The Morgan fingerprint density at radius 1 is 1.17 bits per heavy atom. The normalized spacial score (nSPS) is 18.8. The average molecular weight is 267 g/mol. The fourth-order valence-electron chi connectivity index (χ4n) is 1.85. The summed E-state index contributed by atoms with van der Waals surface area (Å²) in [6, 6.07) is 0. The number of halogens is 3. The Kier molecular flexibility index (Phi) is 3.92. The van der Waals surface area contributed by atoms with Crippen LogP contribution in [0, 0.1) is 11.3 Å². The molecule has 0 aromatic heterocycles. The number of carbonyl (C=O) groups is 2. The molecule has 4 nitrogen and oxygen atoms in total. The quantitative estimate of drug-likeness (QED) is 0.831. The van der Waals surface area contributed by atoms with Crippen molar-refractivity contribution in [3.05, 3.63) is 0 Å². The molecule has 1 N–H and O–H groups in total. The fourth-order valence-corrected chi connectivity index (χ4v) is 1.85. The zero-order valence-electron chi connectivity index (χ0n) is 10.3. The van der Waals surface area contributed by atoms with E-state index in [1.807, 2.05) is 0 Å². The van der Waals surface area contributed by atoms with Crippen LogP contribution < -0.4 is 0 Å². The third-order valence-electron chi connectivity index (χ3n) is 3.37. The van der Waals surface area contributed by atoms with Gasteiger partial charge in [-0.2, -0.15) is 13.2 Å². The standard InChI is InChI=1S/C11H16F3NO3/c1-10(2,11(12,13)14)9(18)15-5-3-7(4-6-15)8(16)17/h7H,3-6H2,1-2H3,(H,16,17). The molecule has 1 saturated heterocycles. The van der Waals surface area contributed by atoms with E-state index in [0.717, 1.165) is 18.7 Å². The number of alkyl halides is 3. The lowest BCUT2D eigenvalue weighted by Crippen LogP contribution is -2.51. The summed E-state index contributed by atoms with van der Waals surface area (Å²) >= 11 is 0. The number of piperidine rings is 1. The Balaban J connectivity index is 2.69. The maximum Gasteiger partial charge on any atom is 0.402 e. The van der Waals surface area contributed by atoms with Crippen LogP contribution in [0.4, 0.5) is 13.2 Å². The maximum atomic E-state index is 12.7. The molecule has 0 unspecified atom stereocenters. The van der Waals surface area contributed by atoms with Crippen LogP contribution in [0.2, 0.25) is 0 Å². The van der Waals surface area contributed by atoms with Gasteiger partial charge in [0.2, 0.25) is 5.91 Å². The van der Waals surface area contributed by atoms with E-state index in [9.17, 15) is 22.8 Å². The summed E-state index contributed by atoms with van der Waals surface area (Å²) < 4.78 is 38.1. The van der Waals surface area contributed by atoms with Crippen molar-refractivity contribution in [1.82, 2.24) is 4.90 Å². The van der Waals surface area contributed by atoms with E-state index in [0.29, 0.717) is 0 Å². The second-order valence-electron chi connectivity index (χ2n) is 5.03. The molecule has 0 aromatic carbocycles. The van der Waals surface area contributed by atoms with Crippen LogP contribution in [0.3, 0.4) is 0 Å². The number of nitrogens with zero attached hydrogens (tertiary/aromatic N) is 1. The number of carbonyl (C=O) groups excluding carboxylic acids is 1. The minimum absolute atomic E-state index is 0.0648. The zero-order chi connectivity index (χ0) is 14.1. The highest BCUT2D eigenvalue weighted by Crippen LogP contribution is 2.39. The van der Waals surface area contributed by atoms with Crippen LogP contribution in [0.1, 0.15) is 26.7 Å². The second-order valence-corrected chi connectivity index (χ2v) is 5.03. The van der Waals surface area contributed by atoms with E-state index in [4.69, 9.17) is 5.11 Å². The van der Waals surface area contributed by atoms with Crippen molar-refractivity contribution in [2.75, 3.05) is 13.1 Å². The van der Waals surface area contributed by atoms with Gasteiger partial charge in [0.15, 0.2) is 0 Å². The molecule has 1 fully saturated rings. The van der Waals surface area contributed by atoms with E-state index >= 15 is 0 Å². The van der Waals surface area contributed by atoms with Crippen molar-refractivity contribution < 1.29 is 27.9 Å². The monoisotopic (exact) mass is 267 g/mol. The van der Waals surface area contributed by atoms with Gasteiger partial charge in [0.05, 0.1) is 5.92 Å². The lowest BCUT2D eigenvalue weighted by Gasteiger charge is -2.36. The minimum Gasteiger partial charge on any atom is -0.481 e. The summed E-state index contributed by atoms with van der Waals surface area (Å²) in [5.74, 6) is -2.51. The van der Waals surface area contributed by atoms with Gasteiger partial charge in [0.25, 0.3) is 0 Å². The maximum absolute atomic E-state index is 12.7. The Labute approximate surface area is 103 Å². The van der Waals surface area contributed by atoms with E-state index in [2.05, 4.69) is 0 Å². The van der Waals surface area contributed by atoms with E-state index in [-0.39, 0.29) is 25.9 Å². The molecule has 1 rings (SSSR count). The molecule has 18 heavy (non-hydrogen) atoms. The predicted octanol–water partition coefficient (Wildman–Crippen LogP) is 1.90. The van der Waals surface area contributed by atoms with Gasteiger partial charge in [-0.05, 0) is 26.7 Å². The summed E-state index contributed by atoms with van der Waals surface area (Å²) in [7, 11) is 0. The largest absolute Gasteiger partial charge is 0.481 e. The lowest BCUT2D eigenvalue weighted by molar-refractivity contribution is -0.218. The van der Waals surface area contributed by atoms with Crippen molar-refractivity contribution >= 4 is 11.9 Å². The van der Waals surface area contributed by atoms with Gasteiger partial charge in [-0.1, -0.05) is 0 Å². The first-order valence-corrected chi connectivity index (χ1v) is 5.66. The van der Waals surface area contributed by atoms with Gasteiger partial charge in [-0.15, -0.1) is 0 Å². The van der Waals surface area contributed by atoms with Gasteiger partial charge in [0, 0.05) is 13.1 Å². The number of hydrogen-bond donors (Lipinski definition) is 1. The summed E-state index contributed by atoms with van der Waals surface area (Å²) in [5, 5.41) is 8.77. The predicted molar refractivity (Wildman–Crippen MR) is 56.8 cm³/mol. The van der Waals surface area contributed by atoms with Crippen molar-refractivity contribution in [3.8, 4) is 0 Å². The minimum atomic E-state index is -4.60. The highest BCUT2D eigenvalue weighted by Gasteiger charge is 2.54. The van der Waals surface area contributed by atoms with Crippen LogP contribution in [0.15, 0.2) is 0 Å². The number of carboxylic acids is 1. The lowest BCUT2D eigenvalue weighted by atomic mass is 9.88. The molecule has 1 aliphatic rings. The Bertz CT molecular complexity index is 344. The van der Waals surface area contributed by atoms with Crippen LogP contribution in [0.5, 0.6) is 0 Å². The summed E-state index contributed by atoms with van der Waals surface area (Å²) in [6.45, 7) is 1.82. The topological polar surface area (TPSA) is 57.6 Å². The molecule has 104 valence electrons. The Morgan fingerprint density at radius 2 is 1.61 bits per heavy atom. The SMILES string of the molecule is CC(C)(C(=O)N1CCC(C(=O)O)CC1)C(F)(F)F. The number of aliphatic carboxylic acids is 1. The summed E-state index contributed by atoms with van der Waals surface area (Å²) in [5.41, 5.74) is -2.43. The molecular formula is C11H16F3NO3. The van der Waals surface area contributed by atoms with Crippen molar-refractivity contribution in [2.45, 2.75) is 32.9 Å². The highest BCUT2D eigenvalue weighted by atomic mass is 19.4. The Morgan fingerprint density at radius 3 is 1.94 bits per heavy atom. The third-order valence-corrected chi connectivity index (χ3v) is 3.37. The third kappa shape index (κ3) is 2.76. The number of hydrogen-bond acceptors (Lipinski definition) is 2. The van der Waals surface area contributed by atoms with Crippen LogP contribution in [-0.4, -0.2) is 41.1 Å². The molecule has 1 amide bonds. The first kappa shape index (κ1) is 14.8. The smallest absolute Gasteiger partial charge is 0.402 e. The molecule has 0 bridgehead atoms. The van der Waals surface area contributed by atoms with Gasteiger partial charge in [-0.25, -0.2) is 0 Å². The van der Waals surface area contributed by atoms with Crippen LogP contribution >= 0.6 is 0 Å². The van der Waals surface area contributed by atoms with Gasteiger partial charge in [0.1, 0.15) is 5.41 Å². The van der Waals surface area contributed by atoms with Gasteiger partial charge in [-0.3, -0.25) is 9.59 Å². The molecule has 0 saturated carbocycles. The molecular weight excluding hydrogens is 251 g/mol. The van der Waals surface area contributed by atoms with E-state index in [1.165, 1.54) is 0 Å². The molecule has 1 heterocycles. The molecule has 0 spiro atoms. The average Bonchev–Trinajstić information content (AvgIpc) is 2.26. The van der Waals surface area contributed by atoms with E-state index < -0.39 is 29.4 Å². The molecule has 7 heteroatoms.